The predicted octanol–water partition coefficient (Wildman–Crippen LogP) is 3.22. The van der Waals surface area contributed by atoms with Gasteiger partial charge in [0.2, 0.25) is 0 Å². The summed E-state index contributed by atoms with van der Waals surface area (Å²) in [5, 5.41) is 0. The highest BCUT2D eigenvalue weighted by Gasteiger charge is 2.14. The normalized spacial score (nSPS) is 11.2. The number of carbonyl (C=O) groups excluding carboxylic acids is 1. The molecule has 2 rings (SSSR count). The fraction of sp³-hybridized carbons (Fsp3) is 0.350. The zero-order valence-electron chi connectivity index (χ0n) is 15.4. The third kappa shape index (κ3) is 5.88. The Kier molecular flexibility index (Phi) is 6.80. The molecule has 1 amide bonds. The van der Waals surface area contributed by atoms with Crippen LogP contribution in [0.1, 0.15) is 24.5 Å². The fourth-order valence-corrected chi connectivity index (χ4v) is 3.13. The van der Waals surface area contributed by atoms with E-state index in [1.807, 2.05) is 38.1 Å². The lowest BCUT2D eigenvalue weighted by Gasteiger charge is -2.22. The summed E-state index contributed by atoms with van der Waals surface area (Å²) in [6.45, 7) is 5.18. The van der Waals surface area contributed by atoms with Crippen molar-refractivity contribution in [1.82, 2.24) is 4.90 Å². The Hall–Kier alpha value is -2.34. The Morgan fingerprint density at radius 2 is 1.65 bits per heavy atom. The van der Waals surface area contributed by atoms with Crippen LogP contribution in [-0.4, -0.2) is 38.6 Å². The standard InChI is InChI=1S/C20H25NO4S/c1-4-13-21(14-17-7-5-16(2)6-8-17)20(22)15-25-18-9-11-19(12-10-18)26(3,23)24/h5-12H,4,13-15H2,1-3H3. The lowest BCUT2D eigenvalue weighted by molar-refractivity contribution is -0.134. The van der Waals surface area contributed by atoms with Crippen LogP contribution in [0.3, 0.4) is 0 Å². The van der Waals surface area contributed by atoms with Crippen molar-refractivity contribution in [3.8, 4) is 5.75 Å². The van der Waals surface area contributed by atoms with E-state index in [0.717, 1.165) is 18.2 Å². The van der Waals surface area contributed by atoms with Crippen LogP contribution in [0, 0.1) is 6.92 Å². The zero-order chi connectivity index (χ0) is 19.2. The van der Waals surface area contributed by atoms with Crippen molar-refractivity contribution < 1.29 is 17.9 Å². The first kappa shape index (κ1) is 20.0. The van der Waals surface area contributed by atoms with E-state index in [1.165, 1.54) is 17.7 Å². The van der Waals surface area contributed by atoms with Crippen LogP contribution in [0.15, 0.2) is 53.4 Å². The molecule has 0 spiro atoms. The monoisotopic (exact) mass is 375 g/mol. The molecule has 0 bridgehead atoms. The smallest absolute Gasteiger partial charge is 0.260 e. The third-order valence-corrected chi connectivity index (χ3v) is 5.08. The largest absolute Gasteiger partial charge is 0.484 e. The number of aryl methyl sites for hydroxylation is 1. The highest BCUT2D eigenvalue weighted by Crippen LogP contribution is 2.16. The summed E-state index contributed by atoms with van der Waals surface area (Å²) in [6, 6.07) is 14.2. The van der Waals surface area contributed by atoms with Crippen molar-refractivity contribution in [3.05, 3.63) is 59.7 Å². The highest BCUT2D eigenvalue weighted by molar-refractivity contribution is 7.90. The van der Waals surface area contributed by atoms with E-state index in [2.05, 4.69) is 0 Å². The summed E-state index contributed by atoms with van der Waals surface area (Å²) in [7, 11) is -3.24. The van der Waals surface area contributed by atoms with Gasteiger partial charge in [-0.15, -0.1) is 0 Å². The van der Waals surface area contributed by atoms with Gasteiger partial charge in [-0.25, -0.2) is 8.42 Å². The number of hydrogen-bond donors (Lipinski definition) is 0. The van der Waals surface area contributed by atoms with Crippen molar-refractivity contribution in [2.45, 2.75) is 31.7 Å². The predicted molar refractivity (Wildman–Crippen MR) is 102 cm³/mol. The van der Waals surface area contributed by atoms with Gasteiger partial charge in [0.15, 0.2) is 16.4 Å². The van der Waals surface area contributed by atoms with Gasteiger partial charge in [-0.05, 0) is 43.2 Å². The quantitative estimate of drug-likeness (QED) is 0.711. The van der Waals surface area contributed by atoms with E-state index in [-0.39, 0.29) is 17.4 Å². The van der Waals surface area contributed by atoms with Crippen molar-refractivity contribution in [2.75, 3.05) is 19.4 Å². The van der Waals surface area contributed by atoms with Crippen LogP contribution >= 0.6 is 0 Å². The van der Waals surface area contributed by atoms with Gasteiger partial charge in [0, 0.05) is 19.3 Å². The lowest BCUT2D eigenvalue weighted by atomic mass is 10.1. The summed E-state index contributed by atoms with van der Waals surface area (Å²) in [5.41, 5.74) is 2.26. The van der Waals surface area contributed by atoms with Crippen molar-refractivity contribution in [3.63, 3.8) is 0 Å². The first-order chi connectivity index (χ1) is 12.3. The maximum absolute atomic E-state index is 12.5. The molecule has 0 N–H and O–H groups in total. The van der Waals surface area contributed by atoms with Crippen molar-refractivity contribution in [1.29, 1.82) is 0 Å². The van der Waals surface area contributed by atoms with E-state index >= 15 is 0 Å². The minimum absolute atomic E-state index is 0.0793. The maximum atomic E-state index is 12.5. The molecule has 0 aliphatic carbocycles. The van der Waals surface area contributed by atoms with Crippen molar-refractivity contribution >= 4 is 15.7 Å². The third-order valence-electron chi connectivity index (χ3n) is 3.95. The van der Waals surface area contributed by atoms with Crippen LogP contribution in [0.25, 0.3) is 0 Å². The molecular formula is C20H25NO4S. The van der Waals surface area contributed by atoms with Gasteiger partial charge < -0.3 is 9.64 Å². The van der Waals surface area contributed by atoms with Crippen LogP contribution in [0.5, 0.6) is 5.75 Å². The Morgan fingerprint density at radius 3 is 2.19 bits per heavy atom. The van der Waals surface area contributed by atoms with E-state index in [4.69, 9.17) is 4.74 Å². The summed E-state index contributed by atoms with van der Waals surface area (Å²) < 4.78 is 28.5. The molecule has 140 valence electrons. The number of hydrogen-bond acceptors (Lipinski definition) is 4. The molecule has 2 aromatic rings. The summed E-state index contributed by atoms with van der Waals surface area (Å²) >= 11 is 0. The number of rotatable bonds is 8. The van der Waals surface area contributed by atoms with E-state index < -0.39 is 9.84 Å². The first-order valence-corrected chi connectivity index (χ1v) is 10.4. The van der Waals surface area contributed by atoms with Crippen molar-refractivity contribution in [2.24, 2.45) is 0 Å². The SMILES string of the molecule is CCCN(Cc1ccc(C)cc1)C(=O)COc1ccc(S(C)(=O)=O)cc1. The Balaban J connectivity index is 1.97. The zero-order valence-corrected chi connectivity index (χ0v) is 16.3. The number of amides is 1. The van der Waals surface area contributed by atoms with Gasteiger partial charge in [-0.2, -0.15) is 0 Å². The average Bonchev–Trinajstić information content (AvgIpc) is 2.60. The molecule has 0 radical (unpaired) electrons. The van der Waals surface area contributed by atoms with Crippen LogP contribution < -0.4 is 4.74 Å². The van der Waals surface area contributed by atoms with Crippen LogP contribution in [0.2, 0.25) is 0 Å². The first-order valence-electron chi connectivity index (χ1n) is 8.56. The Bertz CT molecular complexity index is 827. The van der Waals surface area contributed by atoms with Gasteiger partial charge >= 0.3 is 0 Å². The molecule has 0 fully saturated rings. The van der Waals surface area contributed by atoms with Gasteiger partial charge in [-0.3, -0.25) is 4.79 Å². The van der Waals surface area contributed by atoms with Gasteiger partial charge in [0.25, 0.3) is 5.91 Å². The second-order valence-electron chi connectivity index (χ2n) is 6.33. The Labute approximate surface area is 155 Å². The molecule has 0 aromatic heterocycles. The molecule has 0 saturated heterocycles. The van der Waals surface area contributed by atoms with Gasteiger partial charge in [-0.1, -0.05) is 36.8 Å². The molecule has 0 aliphatic rings. The minimum atomic E-state index is -3.24. The molecule has 26 heavy (non-hydrogen) atoms. The summed E-state index contributed by atoms with van der Waals surface area (Å²) in [5.74, 6) is 0.372. The van der Waals surface area contributed by atoms with E-state index in [1.54, 1.807) is 17.0 Å². The molecule has 0 heterocycles. The molecule has 2 aromatic carbocycles. The number of ether oxygens (including phenoxy) is 1. The molecule has 0 atom stereocenters. The van der Waals surface area contributed by atoms with Gasteiger partial charge in [0.1, 0.15) is 5.75 Å². The topological polar surface area (TPSA) is 63.7 Å². The minimum Gasteiger partial charge on any atom is -0.484 e. The average molecular weight is 375 g/mol. The van der Waals surface area contributed by atoms with Crippen LogP contribution in [0.4, 0.5) is 0 Å². The number of nitrogens with zero attached hydrogens (tertiary/aromatic N) is 1. The highest BCUT2D eigenvalue weighted by atomic mass is 32.2. The number of carbonyl (C=O) groups is 1. The summed E-state index contributed by atoms with van der Waals surface area (Å²) in [4.78, 5) is 14.5. The van der Waals surface area contributed by atoms with E-state index in [0.29, 0.717) is 18.8 Å². The molecule has 0 unspecified atom stereocenters. The lowest BCUT2D eigenvalue weighted by Crippen LogP contribution is -2.35. The molecule has 6 heteroatoms. The molecule has 5 nitrogen and oxygen atoms in total. The van der Waals surface area contributed by atoms with Crippen LogP contribution in [-0.2, 0) is 21.2 Å². The van der Waals surface area contributed by atoms with Gasteiger partial charge in [0.05, 0.1) is 4.90 Å². The number of benzene rings is 2. The number of sulfone groups is 1. The maximum Gasteiger partial charge on any atom is 0.260 e. The molecule has 0 saturated carbocycles. The summed E-state index contributed by atoms with van der Waals surface area (Å²) in [6.07, 6.45) is 2.01. The Morgan fingerprint density at radius 1 is 1.04 bits per heavy atom. The van der Waals surface area contributed by atoms with E-state index in [9.17, 15) is 13.2 Å². The molecule has 0 aliphatic heterocycles. The second-order valence-corrected chi connectivity index (χ2v) is 8.35. The molecular weight excluding hydrogens is 350 g/mol. The second kappa shape index (κ2) is 8.85. The fourth-order valence-electron chi connectivity index (χ4n) is 2.50.